The van der Waals surface area contributed by atoms with Crippen LogP contribution in [0.2, 0.25) is 0 Å². The second-order valence-corrected chi connectivity index (χ2v) is 5.71. The number of nitrogens with one attached hydrogen (secondary N) is 1. The fraction of sp³-hybridized carbons (Fsp3) is 0.714. The van der Waals surface area contributed by atoms with Gasteiger partial charge in [-0.05, 0) is 24.7 Å². The maximum Gasteiger partial charge on any atom is 0.451 e. The standard InChI is InChI=1S/C14H21F3N4/c1-4-5-18-11-7-12(20-13(19-11)14(15,16)17)21(3)8-10-6-9(10)2/h7,9-10H,4-6,8H2,1-3H3,(H,18,19,20). The molecule has 1 aromatic rings. The van der Waals surface area contributed by atoms with Gasteiger partial charge in [0.15, 0.2) is 0 Å². The Morgan fingerprint density at radius 2 is 2.05 bits per heavy atom. The zero-order valence-corrected chi connectivity index (χ0v) is 12.5. The van der Waals surface area contributed by atoms with Crippen molar-refractivity contribution in [2.45, 2.75) is 32.9 Å². The van der Waals surface area contributed by atoms with Gasteiger partial charge in [-0.15, -0.1) is 0 Å². The highest BCUT2D eigenvalue weighted by Crippen LogP contribution is 2.39. The Labute approximate surface area is 122 Å². The first-order valence-electron chi connectivity index (χ1n) is 7.22. The normalized spacial score (nSPS) is 21.2. The van der Waals surface area contributed by atoms with Crippen LogP contribution >= 0.6 is 0 Å². The summed E-state index contributed by atoms with van der Waals surface area (Å²) >= 11 is 0. The van der Waals surface area contributed by atoms with Gasteiger partial charge in [-0.25, -0.2) is 9.97 Å². The van der Waals surface area contributed by atoms with Gasteiger partial charge in [-0.2, -0.15) is 13.2 Å². The smallest absolute Gasteiger partial charge is 0.370 e. The van der Waals surface area contributed by atoms with Crippen molar-refractivity contribution in [1.82, 2.24) is 9.97 Å². The number of hydrogen-bond donors (Lipinski definition) is 1. The first-order chi connectivity index (χ1) is 9.81. The van der Waals surface area contributed by atoms with Crippen molar-refractivity contribution < 1.29 is 13.2 Å². The van der Waals surface area contributed by atoms with Crippen molar-refractivity contribution in [3.63, 3.8) is 0 Å². The van der Waals surface area contributed by atoms with E-state index in [2.05, 4.69) is 22.2 Å². The summed E-state index contributed by atoms with van der Waals surface area (Å²) in [6.45, 7) is 5.40. The first kappa shape index (κ1) is 15.9. The van der Waals surface area contributed by atoms with Crippen LogP contribution in [0.3, 0.4) is 0 Å². The van der Waals surface area contributed by atoms with E-state index in [9.17, 15) is 13.2 Å². The van der Waals surface area contributed by atoms with Gasteiger partial charge in [0.25, 0.3) is 0 Å². The van der Waals surface area contributed by atoms with Gasteiger partial charge in [0.2, 0.25) is 5.82 Å². The van der Waals surface area contributed by atoms with Crippen LogP contribution in [0.1, 0.15) is 32.5 Å². The Bertz CT molecular complexity index is 490. The molecule has 2 unspecified atom stereocenters. The van der Waals surface area contributed by atoms with Crippen molar-refractivity contribution in [1.29, 1.82) is 0 Å². The second-order valence-electron chi connectivity index (χ2n) is 5.71. The molecule has 2 atom stereocenters. The van der Waals surface area contributed by atoms with Crippen molar-refractivity contribution >= 4 is 11.6 Å². The van der Waals surface area contributed by atoms with E-state index in [1.54, 1.807) is 18.0 Å². The average molecular weight is 302 g/mol. The lowest BCUT2D eigenvalue weighted by Crippen LogP contribution is -2.24. The molecule has 1 saturated carbocycles. The molecule has 0 amide bonds. The van der Waals surface area contributed by atoms with Crippen LogP contribution in [0.5, 0.6) is 0 Å². The summed E-state index contributed by atoms with van der Waals surface area (Å²) in [5.74, 6) is 0.648. The molecule has 0 aromatic carbocycles. The van der Waals surface area contributed by atoms with Crippen molar-refractivity contribution in [3.8, 4) is 0 Å². The first-order valence-corrected chi connectivity index (χ1v) is 7.22. The number of halogens is 3. The highest BCUT2D eigenvalue weighted by molar-refractivity contribution is 5.49. The van der Waals surface area contributed by atoms with Crippen LogP contribution in [0.15, 0.2) is 6.07 Å². The second kappa shape index (κ2) is 6.07. The monoisotopic (exact) mass is 302 g/mol. The molecule has 1 aliphatic rings. The molecule has 0 saturated heterocycles. The van der Waals surface area contributed by atoms with E-state index in [0.717, 1.165) is 19.4 Å². The van der Waals surface area contributed by atoms with Gasteiger partial charge in [-0.1, -0.05) is 13.8 Å². The quantitative estimate of drug-likeness (QED) is 0.874. The molecule has 118 valence electrons. The zero-order valence-electron chi connectivity index (χ0n) is 12.5. The summed E-state index contributed by atoms with van der Waals surface area (Å²) in [4.78, 5) is 9.01. The highest BCUT2D eigenvalue weighted by Gasteiger charge is 2.37. The summed E-state index contributed by atoms with van der Waals surface area (Å²) in [6, 6.07) is 1.58. The van der Waals surface area contributed by atoms with Gasteiger partial charge < -0.3 is 10.2 Å². The molecule has 1 fully saturated rings. The Balaban J connectivity index is 2.21. The van der Waals surface area contributed by atoms with E-state index >= 15 is 0 Å². The SMILES string of the molecule is CCCNc1cc(N(C)CC2CC2C)nc(C(F)(F)F)n1. The predicted molar refractivity (Wildman–Crippen MR) is 76.4 cm³/mol. The number of alkyl halides is 3. The van der Waals surface area contributed by atoms with Crippen LogP contribution in [-0.2, 0) is 6.18 Å². The fourth-order valence-electron chi connectivity index (χ4n) is 2.20. The molecule has 2 rings (SSSR count). The fourth-order valence-corrected chi connectivity index (χ4v) is 2.20. The Morgan fingerprint density at radius 1 is 1.38 bits per heavy atom. The average Bonchev–Trinajstić information content (AvgIpc) is 3.10. The third-order valence-corrected chi connectivity index (χ3v) is 3.70. The van der Waals surface area contributed by atoms with Gasteiger partial charge in [-0.3, -0.25) is 0 Å². The molecule has 0 aliphatic heterocycles. The molecule has 1 aromatic heterocycles. The molecule has 1 heterocycles. The minimum atomic E-state index is -4.54. The van der Waals surface area contributed by atoms with E-state index in [-0.39, 0.29) is 5.82 Å². The molecule has 0 spiro atoms. The van der Waals surface area contributed by atoms with E-state index in [1.807, 2.05) is 6.92 Å². The Morgan fingerprint density at radius 3 is 2.57 bits per heavy atom. The molecule has 1 N–H and O–H groups in total. The number of nitrogens with zero attached hydrogens (tertiary/aromatic N) is 3. The lowest BCUT2D eigenvalue weighted by atomic mass is 10.3. The number of anilines is 2. The third-order valence-electron chi connectivity index (χ3n) is 3.70. The van der Waals surface area contributed by atoms with Crippen LogP contribution in [0.25, 0.3) is 0 Å². The topological polar surface area (TPSA) is 41.0 Å². The number of hydrogen-bond acceptors (Lipinski definition) is 4. The van der Waals surface area contributed by atoms with Crippen molar-refractivity contribution in [2.75, 3.05) is 30.4 Å². The van der Waals surface area contributed by atoms with E-state index in [0.29, 0.717) is 24.2 Å². The minimum absolute atomic E-state index is 0.227. The lowest BCUT2D eigenvalue weighted by Gasteiger charge is -2.20. The number of rotatable bonds is 6. The molecular weight excluding hydrogens is 281 g/mol. The van der Waals surface area contributed by atoms with E-state index < -0.39 is 12.0 Å². The Kier molecular flexibility index (Phi) is 4.58. The van der Waals surface area contributed by atoms with Gasteiger partial charge >= 0.3 is 6.18 Å². The predicted octanol–water partition coefficient (Wildman–Crippen LogP) is 3.41. The molecule has 0 bridgehead atoms. The van der Waals surface area contributed by atoms with Crippen molar-refractivity contribution in [3.05, 3.63) is 11.9 Å². The molecule has 4 nitrogen and oxygen atoms in total. The lowest BCUT2D eigenvalue weighted by molar-refractivity contribution is -0.144. The largest absolute Gasteiger partial charge is 0.451 e. The summed E-state index contributed by atoms with van der Waals surface area (Å²) in [7, 11) is 1.77. The maximum absolute atomic E-state index is 12.9. The third kappa shape index (κ3) is 4.22. The molecule has 21 heavy (non-hydrogen) atoms. The van der Waals surface area contributed by atoms with Crippen LogP contribution < -0.4 is 10.2 Å². The van der Waals surface area contributed by atoms with E-state index in [4.69, 9.17) is 0 Å². The Hall–Kier alpha value is -1.53. The minimum Gasteiger partial charge on any atom is -0.370 e. The summed E-state index contributed by atoms with van der Waals surface area (Å²) in [5, 5.41) is 2.90. The van der Waals surface area contributed by atoms with E-state index in [1.165, 1.54) is 0 Å². The van der Waals surface area contributed by atoms with Crippen LogP contribution in [0, 0.1) is 11.8 Å². The highest BCUT2D eigenvalue weighted by atomic mass is 19.4. The number of aromatic nitrogens is 2. The van der Waals surface area contributed by atoms with Gasteiger partial charge in [0, 0.05) is 26.2 Å². The van der Waals surface area contributed by atoms with Crippen LogP contribution in [-0.4, -0.2) is 30.1 Å². The van der Waals surface area contributed by atoms with Crippen LogP contribution in [0.4, 0.5) is 24.8 Å². The van der Waals surface area contributed by atoms with Gasteiger partial charge in [0.05, 0.1) is 0 Å². The molecule has 0 radical (unpaired) electrons. The summed E-state index contributed by atoms with van der Waals surface area (Å²) in [6.07, 6.45) is -2.59. The maximum atomic E-state index is 12.9. The zero-order chi connectivity index (χ0) is 15.6. The summed E-state index contributed by atoms with van der Waals surface area (Å²) in [5.41, 5.74) is 0. The summed E-state index contributed by atoms with van der Waals surface area (Å²) < 4.78 is 38.7. The molecular formula is C14H21F3N4. The molecule has 7 heteroatoms. The molecule has 1 aliphatic carbocycles. The van der Waals surface area contributed by atoms with Gasteiger partial charge in [0.1, 0.15) is 11.6 Å². The van der Waals surface area contributed by atoms with Crippen molar-refractivity contribution in [2.24, 2.45) is 11.8 Å².